The highest BCUT2D eigenvalue weighted by atomic mass is 16.5. The molecule has 6 nitrogen and oxygen atoms in total. The minimum absolute atomic E-state index is 0.740. The molecule has 0 fully saturated rings. The number of nitrogens with one attached hydrogen (secondary N) is 1. The second-order valence-corrected chi connectivity index (χ2v) is 6.12. The van der Waals surface area contributed by atoms with Gasteiger partial charge in [0.1, 0.15) is 5.75 Å². The molecule has 0 aromatic heterocycles. The zero-order valence-corrected chi connectivity index (χ0v) is 16.8. The van der Waals surface area contributed by atoms with Gasteiger partial charge in [-0.25, -0.2) is 0 Å². The van der Waals surface area contributed by atoms with Crippen molar-refractivity contribution in [3.63, 3.8) is 0 Å². The van der Waals surface area contributed by atoms with E-state index in [1.807, 2.05) is 37.4 Å². The van der Waals surface area contributed by atoms with Crippen LogP contribution in [0.25, 0.3) is 0 Å². The molecule has 27 heavy (non-hydrogen) atoms. The fraction of sp³-hybridized carbons (Fsp3) is 0.381. The zero-order valence-electron chi connectivity index (χ0n) is 16.8. The van der Waals surface area contributed by atoms with Crippen molar-refractivity contribution in [1.29, 1.82) is 0 Å². The van der Waals surface area contributed by atoms with Crippen LogP contribution < -0.4 is 19.5 Å². The molecule has 2 rings (SSSR count). The Morgan fingerprint density at radius 1 is 0.926 bits per heavy atom. The lowest BCUT2D eigenvalue weighted by atomic mass is 10.1. The van der Waals surface area contributed by atoms with Gasteiger partial charge in [-0.05, 0) is 41.8 Å². The summed E-state index contributed by atoms with van der Waals surface area (Å²) in [4.78, 5) is 6.47. The van der Waals surface area contributed by atoms with Crippen LogP contribution in [0.4, 0.5) is 0 Å². The number of guanidine groups is 1. The van der Waals surface area contributed by atoms with Crippen molar-refractivity contribution in [3.05, 3.63) is 53.6 Å². The maximum absolute atomic E-state index is 5.36. The predicted molar refractivity (Wildman–Crippen MR) is 109 cm³/mol. The molecule has 0 aliphatic heterocycles. The van der Waals surface area contributed by atoms with Gasteiger partial charge in [0.05, 0.1) is 21.3 Å². The Labute approximate surface area is 161 Å². The predicted octanol–water partition coefficient (Wildman–Crippen LogP) is 2.96. The number of rotatable bonds is 8. The van der Waals surface area contributed by atoms with Gasteiger partial charge in [0.2, 0.25) is 0 Å². The van der Waals surface area contributed by atoms with E-state index < -0.39 is 0 Å². The highest BCUT2D eigenvalue weighted by Gasteiger charge is 2.08. The number of hydrogen-bond donors (Lipinski definition) is 1. The number of benzene rings is 2. The van der Waals surface area contributed by atoms with Crippen LogP contribution in [0.15, 0.2) is 47.5 Å². The molecule has 2 aromatic rings. The number of nitrogens with zero attached hydrogens (tertiary/aromatic N) is 2. The number of hydrogen-bond acceptors (Lipinski definition) is 4. The van der Waals surface area contributed by atoms with Crippen LogP contribution in [0.3, 0.4) is 0 Å². The molecule has 0 aliphatic carbocycles. The van der Waals surface area contributed by atoms with Gasteiger partial charge in [-0.1, -0.05) is 18.2 Å². The second-order valence-electron chi connectivity index (χ2n) is 6.12. The van der Waals surface area contributed by atoms with Crippen molar-refractivity contribution in [2.45, 2.75) is 13.0 Å². The molecular formula is C21H29N3O3. The van der Waals surface area contributed by atoms with Crippen LogP contribution in [-0.2, 0) is 13.0 Å². The molecule has 0 spiro atoms. The molecule has 2 aromatic carbocycles. The van der Waals surface area contributed by atoms with Gasteiger partial charge in [0.15, 0.2) is 17.5 Å². The summed E-state index contributed by atoms with van der Waals surface area (Å²) in [6, 6.07) is 14.0. The Balaban J connectivity index is 1.89. The maximum Gasteiger partial charge on any atom is 0.193 e. The minimum atomic E-state index is 0.740. The van der Waals surface area contributed by atoms with Crippen molar-refractivity contribution in [1.82, 2.24) is 10.2 Å². The molecule has 0 unspecified atom stereocenters. The summed E-state index contributed by atoms with van der Waals surface area (Å²) in [7, 11) is 8.78. The van der Waals surface area contributed by atoms with E-state index >= 15 is 0 Å². The molecule has 0 heterocycles. The fourth-order valence-corrected chi connectivity index (χ4v) is 2.82. The quantitative estimate of drug-likeness (QED) is 0.571. The third-order valence-corrected chi connectivity index (χ3v) is 4.30. The molecule has 0 atom stereocenters. The third-order valence-electron chi connectivity index (χ3n) is 4.30. The summed E-state index contributed by atoms with van der Waals surface area (Å²) < 4.78 is 15.8. The Morgan fingerprint density at radius 2 is 1.59 bits per heavy atom. The van der Waals surface area contributed by atoms with Gasteiger partial charge in [-0.2, -0.15) is 0 Å². The van der Waals surface area contributed by atoms with Crippen LogP contribution in [0, 0.1) is 0 Å². The smallest absolute Gasteiger partial charge is 0.193 e. The summed E-state index contributed by atoms with van der Waals surface area (Å²) in [6.07, 6.45) is 0.857. The van der Waals surface area contributed by atoms with Crippen molar-refractivity contribution in [2.24, 2.45) is 4.99 Å². The first-order valence-corrected chi connectivity index (χ1v) is 8.87. The van der Waals surface area contributed by atoms with E-state index in [1.54, 1.807) is 28.4 Å². The third kappa shape index (κ3) is 5.81. The Hall–Kier alpha value is -2.89. The van der Waals surface area contributed by atoms with E-state index in [1.165, 1.54) is 11.1 Å². The van der Waals surface area contributed by atoms with Gasteiger partial charge in [-0.3, -0.25) is 4.99 Å². The van der Waals surface area contributed by atoms with E-state index in [2.05, 4.69) is 27.3 Å². The van der Waals surface area contributed by atoms with Gasteiger partial charge < -0.3 is 24.4 Å². The maximum atomic E-state index is 5.36. The first-order chi connectivity index (χ1) is 13.1. The highest BCUT2D eigenvalue weighted by molar-refractivity contribution is 5.79. The standard InChI is InChI=1S/C21H29N3O3/c1-22-21(24(2)15-17-6-9-18(25-3)10-7-17)23-13-12-16-8-11-19(26-4)20(14-16)27-5/h6-11,14H,12-13,15H2,1-5H3,(H,22,23). The molecular weight excluding hydrogens is 342 g/mol. The molecule has 6 heteroatoms. The molecule has 0 aliphatic rings. The van der Waals surface area contributed by atoms with Gasteiger partial charge >= 0.3 is 0 Å². The molecule has 0 amide bonds. The van der Waals surface area contributed by atoms with Crippen LogP contribution in [0.2, 0.25) is 0 Å². The Kier molecular flexibility index (Phi) is 7.79. The van der Waals surface area contributed by atoms with E-state index in [9.17, 15) is 0 Å². The van der Waals surface area contributed by atoms with Crippen molar-refractivity contribution in [2.75, 3.05) is 42.0 Å². The fourth-order valence-electron chi connectivity index (χ4n) is 2.82. The lowest BCUT2D eigenvalue weighted by molar-refractivity contribution is 0.354. The molecule has 0 saturated carbocycles. The molecule has 0 bridgehead atoms. The number of ether oxygens (including phenoxy) is 3. The zero-order chi connectivity index (χ0) is 19.6. The monoisotopic (exact) mass is 371 g/mol. The molecule has 0 radical (unpaired) electrons. The summed E-state index contributed by atoms with van der Waals surface area (Å²) in [5.41, 5.74) is 2.37. The first-order valence-electron chi connectivity index (χ1n) is 8.87. The Bertz CT molecular complexity index is 745. The number of aliphatic imine (C=N–C) groups is 1. The average Bonchev–Trinajstić information content (AvgIpc) is 2.71. The summed E-state index contributed by atoms with van der Waals surface area (Å²) in [6.45, 7) is 1.54. The summed E-state index contributed by atoms with van der Waals surface area (Å²) in [5.74, 6) is 3.20. The first kappa shape index (κ1) is 20.4. The average molecular weight is 371 g/mol. The van der Waals surface area contributed by atoms with Crippen LogP contribution in [0.1, 0.15) is 11.1 Å². The van der Waals surface area contributed by atoms with E-state index in [0.717, 1.165) is 42.7 Å². The second kappa shape index (κ2) is 10.3. The van der Waals surface area contributed by atoms with Crippen LogP contribution in [0.5, 0.6) is 17.2 Å². The van der Waals surface area contributed by atoms with Crippen LogP contribution >= 0.6 is 0 Å². The van der Waals surface area contributed by atoms with E-state index in [4.69, 9.17) is 14.2 Å². The Morgan fingerprint density at radius 3 is 2.19 bits per heavy atom. The molecule has 1 N–H and O–H groups in total. The van der Waals surface area contributed by atoms with Crippen molar-refractivity contribution >= 4 is 5.96 Å². The van der Waals surface area contributed by atoms with Gasteiger partial charge in [-0.15, -0.1) is 0 Å². The van der Waals surface area contributed by atoms with E-state index in [0.29, 0.717) is 0 Å². The lowest BCUT2D eigenvalue weighted by Gasteiger charge is -2.22. The van der Waals surface area contributed by atoms with Crippen molar-refractivity contribution < 1.29 is 14.2 Å². The minimum Gasteiger partial charge on any atom is -0.497 e. The topological polar surface area (TPSA) is 55.3 Å². The normalized spacial score (nSPS) is 11.1. The van der Waals surface area contributed by atoms with E-state index in [-0.39, 0.29) is 0 Å². The van der Waals surface area contributed by atoms with Gasteiger partial charge in [0, 0.05) is 27.2 Å². The number of methoxy groups -OCH3 is 3. The molecule has 0 saturated heterocycles. The summed E-state index contributed by atoms with van der Waals surface area (Å²) in [5, 5.41) is 3.41. The largest absolute Gasteiger partial charge is 0.497 e. The van der Waals surface area contributed by atoms with Crippen molar-refractivity contribution in [3.8, 4) is 17.2 Å². The van der Waals surface area contributed by atoms with Gasteiger partial charge in [0.25, 0.3) is 0 Å². The SMILES string of the molecule is CN=C(NCCc1ccc(OC)c(OC)c1)N(C)Cc1ccc(OC)cc1. The van der Waals surface area contributed by atoms with Crippen LogP contribution in [-0.4, -0.2) is 52.8 Å². The highest BCUT2D eigenvalue weighted by Crippen LogP contribution is 2.27. The lowest BCUT2D eigenvalue weighted by Crippen LogP contribution is -2.39. The molecule has 146 valence electrons. The summed E-state index contributed by atoms with van der Waals surface area (Å²) >= 11 is 0.